The van der Waals surface area contributed by atoms with Gasteiger partial charge >= 0.3 is 0 Å². The number of methoxy groups -OCH3 is 1. The maximum Gasteiger partial charge on any atom is 0.261 e. The van der Waals surface area contributed by atoms with Crippen LogP contribution < -0.4 is 9.64 Å². The summed E-state index contributed by atoms with van der Waals surface area (Å²) in [5, 5.41) is 1.88. The van der Waals surface area contributed by atoms with E-state index in [4.69, 9.17) is 44.5 Å². The van der Waals surface area contributed by atoms with Crippen LogP contribution in [0, 0.1) is 0 Å². The number of benzene rings is 2. The fourth-order valence-corrected chi connectivity index (χ4v) is 4.86. The Balaban J connectivity index is 2.06. The van der Waals surface area contributed by atoms with E-state index >= 15 is 0 Å². The molecule has 160 valence electrons. The summed E-state index contributed by atoms with van der Waals surface area (Å²) in [6.07, 6.45) is 0. The molecule has 2 aromatic carbocycles. The van der Waals surface area contributed by atoms with Gasteiger partial charge in [0.05, 0.1) is 27.4 Å². The first-order valence-corrected chi connectivity index (χ1v) is 11.5. The van der Waals surface area contributed by atoms with Gasteiger partial charge in [-0.05, 0) is 43.4 Å². The van der Waals surface area contributed by atoms with E-state index in [0.29, 0.717) is 50.1 Å². The van der Waals surface area contributed by atoms with E-state index in [2.05, 4.69) is 18.7 Å². The van der Waals surface area contributed by atoms with Crippen LogP contribution in [0.1, 0.15) is 24.2 Å². The highest BCUT2D eigenvalue weighted by molar-refractivity contribution is 7.23. The van der Waals surface area contributed by atoms with E-state index < -0.39 is 0 Å². The van der Waals surface area contributed by atoms with Gasteiger partial charge in [0.15, 0.2) is 5.13 Å². The number of ether oxygens (including phenoxy) is 1. The molecule has 1 heterocycles. The van der Waals surface area contributed by atoms with Crippen molar-refractivity contribution in [2.45, 2.75) is 13.8 Å². The molecule has 1 amide bonds. The number of anilines is 1. The van der Waals surface area contributed by atoms with Crippen molar-refractivity contribution in [3.63, 3.8) is 0 Å². The second-order valence-corrected chi connectivity index (χ2v) is 8.76. The third-order valence-corrected chi connectivity index (χ3v) is 6.93. The van der Waals surface area contributed by atoms with E-state index in [-0.39, 0.29) is 5.91 Å². The van der Waals surface area contributed by atoms with E-state index in [1.165, 1.54) is 11.3 Å². The number of carbonyl (C=O) groups is 1. The lowest BCUT2D eigenvalue weighted by atomic mass is 10.2. The summed E-state index contributed by atoms with van der Waals surface area (Å²) < 4.78 is 6.20. The lowest BCUT2D eigenvalue weighted by Crippen LogP contribution is -2.39. The minimum atomic E-state index is -0.238. The molecule has 0 fully saturated rings. The lowest BCUT2D eigenvalue weighted by Gasteiger charge is -2.25. The SMILES string of the molecule is CCN(CC)CCN(C(=O)c1ccc(Cl)cc1Cl)c1nc2c(OC)ccc(Cl)c2s1. The van der Waals surface area contributed by atoms with Crippen molar-refractivity contribution in [3.05, 3.63) is 51.0 Å². The topological polar surface area (TPSA) is 45.7 Å². The first-order valence-electron chi connectivity index (χ1n) is 9.51. The van der Waals surface area contributed by atoms with Crippen LogP contribution in [0.4, 0.5) is 5.13 Å². The van der Waals surface area contributed by atoms with Crippen LogP contribution in [0.25, 0.3) is 10.2 Å². The average Bonchev–Trinajstić information content (AvgIpc) is 3.17. The summed E-state index contributed by atoms with van der Waals surface area (Å²) in [5.74, 6) is 0.371. The first-order chi connectivity index (χ1) is 14.4. The van der Waals surface area contributed by atoms with E-state index in [1.54, 1.807) is 42.3 Å². The molecule has 9 heteroatoms. The molecule has 3 aromatic rings. The fourth-order valence-electron chi connectivity index (χ4n) is 3.09. The Kier molecular flexibility index (Phi) is 7.82. The Hall–Kier alpha value is -1.57. The second kappa shape index (κ2) is 10.2. The lowest BCUT2D eigenvalue weighted by molar-refractivity contribution is 0.0984. The summed E-state index contributed by atoms with van der Waals surface area (Å²) in [5.41, 5.74) is 1.01. The van der Waals surface area contributed by atoms with Gasteiger partial charge in [0.25, 0.3) is 5.91 Å². The van der Waals surface area contributed by atoms with Gasteiger partial charge in [-0.25, -0.2) is 4.98 Å². The summed E-state index contributed by atoms with van der Waals surface area (Å²) in [6, 6.07) is 8.39. The molecule has 0 N–H and O–H groups in total. The van der Waals surface area contributed by atoms with Gasteiger partial charge in [-0.15, -0.1) is 0 Å². The molecule has 0 aliphatic heterocycles. The van der Waals surface area contributed by atoms with Gasteiger partial charge in [0.1, 0.15) is 11.3 Å². The van der Waals surface area contributed by atoms with Gasteiger partial charge in [-0.2, -0.15) is 0 Å². The molecule has 30 heavy (non-hydrogen) atoms. The van der Waals surface area contributed by atoms with Crippen LogP contribution in [-0.4, -0.2) is 49.1 Å². The number of amides is 1. The Morgan fingerprint density at radius 1 is 1.07 bits per heavy atom. The van der Waals surface area contributed by atoms with Gasteiger partial charge in [-0.1, -0.05) is 60.0 Å². The molecule has 0 radical (unpaired) electrons. The Morgan fingerprint density at radius 3 is 2.43 bits per heavy atom. The van der Waals surface area contributed by atoms with Crippen LogP contribution in [0.2, 0.25) is 15.1 Å². The number of likely N-dealkylation sites (N-methyl/N-ethyl adjacent to an activating group) is 1. The zero-order valence-electron chi connectivity index (χ0n) is 16.9. The summed E-state index contributed by atoms with van der Waals surface area (Å²) in [6.45, 7) is 7.12. The summed E-state index contributed by atoms with van der Waals surface area (Å²) >= 11 is 20.1. The number of aromatic nitrogens is 1. The van der Waals surface area contributed by atoms with Crippen molar-refractivity contribution in [1.82, 2.24) is 9.88 Å². The van der Waals surface area contributed by atoms with Crippen molar-refractivity contribution in [1.29, 1.82) is 0 Å². The van der Waals surface area contributed by atoms with Crippen molar-refractivity contribution in [3.8, 4) is 5.75 Å². The van der Waals surface area contributed by atoms with Crippen LogP contribution >= 0.6 is 46.1 Å². The standard InChI is InChI=1S/C21H22Cl3N3O2S/c1-4-26(5-2)10-11-27(20(28)14-7-6-13(22)12-16(14)24)21-25-18-17(29-3)9-8-15(23)19(18)30-21/h6-9,12H,4-5,10-11H2,1-3H3. The highest BCUT2D eigenvalue weighted by Gasteiger charge is 2.25. The van der Waals surface area contributed by atoms with Crippen molar-refractivity contribution in [2.24, 2.45) is 0 Å². The average molecular weight is 487 g/mol. The molecule has 5 nitrogen and oxygen atoms in total. The van der Waals surface area contributed by atoms with Crippen LogP contribution in [0.15, 0.2) is 30.3 Å². The number of hydrogen-bond acceptors (Lipinski definition) is 5. The number of thiazole rings is 1. The molecule has 0 atom stereocenters. The van der Waals surface area contributed by atoms with Crippen molar-refractivity contribution in [2.75, 3.05) is 38.2 Å². The molecule has 1 aromatic heterocycles. The Morgan fingerprint density at radius 2 is 1.80 bits per heavy atom. The highest BCUT2D eigenvalue weighted by Crippen LogP contribution is 2.39. The number of hydrogen-bond donors (Lipinski definition) is 0. The molecular formula is C21H22Cl3N3O2S. The van der Waals surface area contributed by atoms with Crippen LogP contribution in [0.5, 0.6) is 5.75 Å². The second-order valence-electron chi connectivity index (χ2n) is 6.53. The molecule has 3 rings (SSSR count). The number of fused-ring (bicyclic) bond motifs is 1. The molecular weight excluding hydrogens is 465 g/mol. The highest BCUT2D eigenvalue weighted by atomic mass is 35.5. The third kappa shape index (κ3) is 4.84. The smallest absolute Gasteiger partial charge is 0.261 e. The van der Waals surface area contributed by atoms with Gasteiger partial charge in [0, 0.05) is 18.1 Å². The molecule has 0 unspecified atom stereocenters. The van der Waals surface area contributed by atoms with E-state index in [9.17, 15) is 4.79 Å². The molecule has 0 saturated heterocycles. The van der Waals surface area contributed by atoms with E-state index in [1.807, 2.05) is 0 Å². The Bertz CT molecular complexity index is 1050. The molecule has 0 spiro atoms. The quantitative estimate of drug-likeness (QED) is 0.377. The molecule has 0 aliphatic carbocycles. The zero-order chi connectivity index (χ0) is 21.8. The van der Waals surface area contributed by atoms with Crippen LogP contribution in [-0.2, 0) is 0 Å². The predicted octanol–water partition coefficient (Wildman–Crippen LogP) is 6.25. The van der Waals surface area contributed by atoms with Crippen molar-refractivity contribution < 1.29 is 9.53 Å². The van der Waals surface area contributed by atoms with Crippen molar-refractivity contribution >= 4 is 67.4 Å². The zero-order valence-corrected chi connectivity index (χ0v) is 20.0. The summed E-state index contributed by atoms with van der Waals surface area (Å²) in [4.78, 5) is 22.0. The van der Waals surface area contributed by atoms with Gasteiger partial charge in [-0.3, -0.25) is 9.69 Å². The fraction of sp³-hybridized carbons (Fsp3) is 0.333. The molecule has 0 bridgehead atoms. The van der Waals surface area contributed by atoms with E-state index in [0.717, 1.165) is 17.8 Å². The maximum atomic E-state index is 13.5. The van der Waals surface area contributed by atoms with Gasteiger partial charge < -0.3 is 9.64 Å². The van der Waals surface area contributed by atoms with Gasteiger partial charge in [0.2, 0.25) is 0 Å². The first kappa shape index (κ1) is 23.1. The molecule has 0 aliphatic rings. The molecule has 0 saturated carbocycles. The van der Waals surface area contributed by atoms with Crippen LogP contribution in [0.3, 0.4) is 0 Å². The minimum absolute atomic E-state index is 0.238. The monoisotopic (exact) mass is 485 g/mol. The third-order valence-electron chi connectivity index (χ3n) is 4.84. The largest absolute Gasteiger partial charge is 0.494 e. The number of nitrogens with zero attached hydrogens (tertiary/aromatic N) is 3. The normalized spacial score (nSPS) is 11.3. The maximum absolute atomic E-state index is 13.5. The number of rotatable bonds is 8. The number of carbonyl (C=O) groups excluding carboxylic acids is 1. The number of halogens is 3. The Labute approximate surface area is 195 Å². The summed E-state index contributed by atoms with van der Waals surface area (Å²) in [7, 11) is 1.58. The minimum Gasteiger partial charge on any atom is -0.494 e. The predicted molar refractivity (Wildman–Crippen MR) is 127 cm³/mol.